The summed E-state index contributed by atoms with van der Waals surface area (Å²) in [6.45, 7) is 7.92. The van der Waals surface area contributed by atoms with Crippen molar-refractivity contribution in [2.75, 3.05) is 23.7 Å². The van der Waals surface area contributed by atoms with Gasteiger partial charge in [0.1, 0.15) is 12.6 Å². The Labute approximate surface area is 246 Å². The molecule has 3 rings (SSSR count). The van der Waals surface area contributed by atoms with Crippen molar-refractivity contribution in [1.29, 1.82) is 0 Å². The Hall–Kier alpha value is -3.17. The molecule has 0 saturated heterocycles. The average Bonchev–Trinajstić information content (AvgIpc) is 2.90. The number of sulfonamides is 1. The highest BCUT2D eigenvalue weighted by Crippen LogP contribution is 2.26. The Balaban J connectivity index is 2.07. The largest absolute Gasteiger partial charge is 0.354 e. The van der Waals surface area contributed by atoms with Gasteiger partial charge in [0.25, 0.3) is 0 Å². The number of nitrogens with one attached hydrogen (secondary N) is 1. The minimum atomic E-state index is -3.81. The van der Waals surface area contributed by atoms with Crippen LogP contribution < -0.4 is 9.62 Å². The van der Waals surface area contributed by atoms with Crippen molar-refractivity contribution in [2.24, 2.45) is 5.92 Å². The van der Waals surface area contributed by atoms with Gasteiger partial charge in [-0.25, -0.2) is 8.42 Å². The van der Waals surface area contributed by atoms with E-state index >= 15 is 0 Å². The second kappa shape index (κ2) is 13.9. The van der Waals surface area contributed by atoms with Crippen LogP contribution in [0.15, 0.2) is 77.3 Å². The van der Waals surface area contributed by atoms with Gasteiger partial charge in [0, 0.05) is 24.0 Å². The summed E-state index contributed by atoms with van der Waals surface area (Å²) in [5.41, 5.74) is 3.86. The number of anilines is 1. The van der Waals surface area contributed by atoms with E-state index in [9.17, 15) is 18.0 Å². The molecule has 214 valence electrons. The van der Waals surface area contributed by atoms with Gasteiger partial charge >= 0.3 is 0 Å². The Kier molecular flexibility index (Phi) is 10.9. The van der Waals surface area contributed by atoms with Gasteiger partial charge in [-0.1, -0.05) is 84.4 Å². The van der Waals surface area contributed by atoms with E-state index < -0.39 is 28.5 Å². The van der Waals surface area contributed by atoms with Crippen LogP contribution in [-0.2, 0) is 32.6 Å². The van der Waals surface area contributed by atoms with E-state index in [2.05, 4.69) is 21.2 Å². The van der Waals surface area contributed by atoms with E-state index in [-0.39, 0.29) is 24.8 Å². The Morgan fingerprint density at radius 3 is 2.15 bits per heavy atom. The molecule has 40 heavy (non-hydrogen) atoms. The van der Waals surface area contributed by atoms with Crippen molar-refractivity contribution in [2.45, 2.75) is 46.7 Å². The molecular weight excluding hydrogens is 590 g/mol. The normalized spacial score (nSPS) is 12.2. The third-order valence-corrected chi connectivity index (χ3v) is 8.40. The Morgan fingerprint density at radius 2 is 1.55 bits per heavy atom. The lowest BCUT2D eigenvalue weighted by molar-refractivity contribution is -0.140. The summed E-state index contributed by atoms with van der Waals surface area (Å²) in [5.74, 6) is -0.516. The second-order valence-electron chi connectivity index (χ2n) is 10.5. The highest BCUT2D eigenvalue weighted by atomic mass is 79.9. The number of halogens is 1. The maximum absolute atomic E-state index is 14.1. The molecule has 0 saturated carbocycles. The molecule has 2 amide bonds. The summed E-state index contributed by atoms with van der Waals surface area (Å²) in [6, 6.07) is 21.6. The zero-order valence-electron chi connectivity index (χ0n) is 23.7. The third-order valence-electron chi connectivity index (χ3n) is 6.75. The van der Waals surface area contributed by atoms with E-state index in [0.717, 1.165) is 37.3 Å². The van der Waals surface area contributed by atoms with Crippen LogP contribution in [0.25, 0.3) is 0 Å². The summed E-state index contributed by atoms with van der Waals surface area (Å²) >= 11 is 3.45. The van der Waals surface area contributed by atoms with E-state index in [0.29, 0.717) is 12.2 Å². The number of carbonyl (C=O) groups is 2. The number of hydrogen-bond acceptors (Lipinski definition) is 4. The van der Waals surface area contributed by atoms with Crippen LogP contribution in [0.4, 0.5) is 5.69 Å². The number of carbonyl (C=O) groups excluding carboxylic acids is 2. The molecule has 0 fully saturated rings. The van der Waals surface area contributed by atoms with Crippen LogP contribution in [-0.4, -0.2) is 50.5 Å². The van der Waals surface area contributed by atoms with Crippen LogP contribution in [0, 0.1) is 19.8 Å². The van der Waals surface area contributed by atoms with Crippen molar-refractivity contribution < 1.29 is 18.0 Å². The maximum atomic E-state index is 14.1. The van der Waals surface area contributed by atoms with Gasteiger partial charge in [-0.3, -0.25) is 13.9 Å². The molecule has 0 aromatic heterocycles. The SMILES string of the molecule is Cc1cccc(N(CC(=O)N(Cc2ccc(Br)cc2)[C@H](Cc2ccccc2)C(=O)NCC(C)C)S(C)(=O)=O)c1C. The van der Waals surface area contributed by atoms with Crippen molar-refractivity contribution in [3.05, 3.63) is 99.5 Å². The standard InChI is InChI=1S/C31H38BrN3O4S/c1-22(2)19-33-31(37)29(18-25-11-7-6-8-12-25)34(20-26-14-16-27(32)17-15-26)30(36)21-35(40(5,38)39)28-13-9-10-23(3)24(28)4/h6-17,22,29H,18-21H2,1-5H3,(H,33,37)/t29-/m1/s1. The van der Waals surface area contributed by atoms with Crippen LogP contribution in [0.2, 0.25) is 0 Å². The number of rotatable bonds is 12. The number of hydrogen-bond donors (Lipinski definition) is 1. The summed E-state index contributed by atoms with van der Waals surface area (Å²) in [4.78, 5) is 29.3. The van der Waals surface area contributed by atoms with E-state index in [4.69, 9.17) is 0 Å². The van der Waals surface area contributed by atoms with Gasteiger partial charge in [0.05, 0.1) is 11.9 Å². The van der Waals surface area contributed by atoms with Crippen LogP contribution >= 0.6 is 15.9 Å². The number of amides is 2. The maximum Gasteiger partial charge on any atom is 0.244 e. The molecule has 3 aromatic carbocycles. The highest BCUT2D eigenvalue weighted by molar-refractivity contribution is 9.10. The Morgan fingerprint density at radius 1 is 0.900 bits per heavy atom. The highest BCUT2D eigenvalue weighted by Gasteiger charge is 2.33. The predicted octanol–water partition coefficient (Wildman–Crippen LogP) is 5.24. The zero-order chi connectivity index (χ0) is 29.4. The molecule has 0 heterocycles. The van der Waals surface area contributed by atoms with Gasteiger partial charge in [0.15, 0.2) is 0 Å². The Bertz CT molecular complexity index is 1410. The first-order chi connectivity index (χ1) is 18.9. The molecule has 0 aliphatic rings. The van der Waals surface area contributed by atoms with Gasteiger partial charge in [0.2, 0.25) is 21.8 Å². The smallest absolute Gasteiger partial charge is 0.244 e. The molecule has 1 N–H and O–H groups in total. The van der Waals surface area contributed by atoms with Crippen LogP contribution in [0.5, 0.6) is 0 Å². The molecular formula is C31H38BrN3O4S. The third kappa shape index (κ3) is 8.66. The zero-order valence-corrected chi connectivity index (χ0v) is 26.1. The van der Waals surface area contributed by atoms with Crippen LogP contribution in [0.3, 0.4) is 0 Å². The molecule has 7 nitrogen and oxygen atoms in total. The summed E-state index contributed by atoms with van der Waals surface area (Å²) < 4.78 is 28.0. The fraction of sp³-hybridized carbons (Fsp3) is 0.355. The monoisotopic (exact) mass is 627 g/mol. The summed E-state index contributed by atoms with van der Waals surface area (Å²) in [7, 11) is -3.81. The average molecular weight is 629 g/mol. The lowest BCUT2D eigenvalue weighted by Gasteiger charge is -2.34. The molecule has 9 heteroatoms. The van der Waals surface area contributed by atoms with Gasteiger partial charge in [-0.2, -0.15) is 0 Å². The van der Waals surface area contributed by atoms with Crippen molar-refractivity contribution in [3.63, 3.8) is 0 Å². The summed E-state index contributed by atoms with van der Waals surface area (Å²) in [6.07, 6.45) is 1.38. The first kappa shape index (κ1) is 31.4. The van der Waals surface area contributed by atoms with Gasteiger partial charge in [-0.05, 0) is 60.2 Å². The van der Waals surface area contributed by atoms with E-state index in [1.54, 1.807) is 12.1 Å². The van der Waals surface area contributed by atoms with Gasteiger partial charge in [-0.15, -0.1) is 0 Å². The van der Waals surface area contributed by atoms with E-state index in [1.165, 1.54) is 4.90 Å². The van der Waals surface area contributed by atoms with Crippen molar-refractivity contribution in [1.82, 2.24) is 10.2 Å². The first-order valence-electron chi connectivity index (χ1n) is 13.3. The molecule has 3 aromatic rings. The number of aryl methyl sites for hydroxylation is 1. The molecule has 0 unspecified atom stereocenters. The predicted molar refractivity (Wildman–Crippen MR) is 165 cm³/mol. The van der Waals surface area contributed by atoms with Gasteiger partial charge < -0.3 is 10.2 Å². The molecule has 0 radical (unpaired) electrons. The lowest BCUT2D eigenvalue weighted by atomic mass is 10.0. The lowest BCUT2D eigenvalue weighted by Crippen LogP contribution is -2.53. The minimum absolute atomic E-state index is 0.142. The minimum Gasteiger partial charge on any atom is -0.354 e. The van der Waals surface area contributed by atoms with Crippen LogP contribution in [0.1, 0.15) is 36.1 Å². The van der Waals surface area contributed by atoms with Crippen molar-refractivity contribution in [3.8, 4) is 0 Å². The van der Waals surface area contributed by atoms with E-state index in [1.807, 2.05) is 88.4 Å². The molecule has 0 bridgehead atoms. The quantitative estimate of drug-likeness (QED) is 0.297. The first-order valence-corrected chi connectivity index (χ1v) is 15.9. The molecule has 1 atom stereocenters. The number of nitrogens with zero attached hydrogens (tertiary/aromatic N) is 2. The second-order valence-corrected chi connectivity index (χ2v) is 13.3. The molecule has 0 aliphatic heterocycles. The number of benzene rings is 3. The fourth-order valence-electron chi connectivity index (χ4n) is 4.36. The molecule has 0 aliphatic carbocycles. The topological polar surface area (TPSA) is 86.8 Å². The molecule has 0 spiro atoms. The fourth-order valence-corrected chi connectivity index (χ4v) is 5.53. The summed E-state index contributed by atoms with van der Waals surface area (Å²) in [5, 5.41) is 2.99. The van der Waals surface area contributed by atoms with Crippen molar-refractivity contribution >= 4 is 43.5 Å².